The Kier molecular flexibility index (Phi) is 32700. The predicted molar refractivity (Wildman–Crippen MR) is 601 cm³/mol. The Morgan fingerprint density at radius 2 is 0.0286 bits per heavy atom. The van der Waals surface area contributed by atoms with Gasteiger partial charge < -0.3 is 248 Å². The third-order valence-corrected chi connectivity index (χ3v) is 0. The van der Waals surface area contributed by atoms with Crippen molar-refractivity contribution in [2.45, 2.75) is 0 Å². The third kappa shape index (κ3) is 1810. The first kappa shape index (κ1) is 1870. The molecule has 0 atom stereocenters. The summed E-state index contributed by atoms with van der Waals surface area (Å²) in [4.78, 5) is 0. The molecule has 0 aromatic rings. The minimum Gasteiger partial charge on any atom is -1.00 e. The van der Waals surface area contributed by atoms with E-state index in [0.717, 1.165) is 0 Å². The van der Waals surface area contributed by atoms with Crippen molar-refractivity contribution in [1.29, 1.82) is 0 Å². The maximum absolute atomic E-state index is 0. The second-order valence-electron chi connectivity index (χ2n) is 0. The zero-order valence-corrected chi connectivity index (χ0v) is 144. The van der Waals surface area contributed by atoms with Gasteiger partial charge in [0.05, 0.1) is 0 Å². The van der Waals surface area contributed by atoms with E-state index < -0.39 is 0 Å². The van der Waals surface area contributed by atoms with Gasteiger partial charge in [-0.15, -0.1) is 931 Å². The Labute approximate surface area is 1520 Å². The van der Waals surface area contributed by atoms with Crippen molar-refractivity contribution in [1.82, 2.24) is 0 Å². The molecule has 0 amide bonds. The molecule has 0 fully saturated rings. The van der Waals surface area contributed by atoms with E-state index in [-0.39, 0.29) is 1560 Å². The van der Waals surface area contributed by atoms with Gasteiger partial charge >= 0.3 is 377 Å². The molecular formula is H75Ca10Cl95. The van der Waals surface area contributed by atoms with Crippen LogP contribution in [0.5, 0.6) is 0 Å². The minimum atomic E-state index is 0. The normalized spacial score (nSPS) is 0. The summed E-state index contributed by atoms with van der Waals surface area (Å²) in [7, 11) is 0. The number of rotatable bonds is 0. The molecule has 760 valence electrons. The summed E-state index contributed by atoms with van der Waals surface area (Å²) in [6.45, 7) is 0. The van der Waals surface area contributed by atoms with E-state index >= 15 is 0 Å². The van der Waals surface area contributed by atoms with Crippen LogP contribution >= 0.6 is 931 Å². The van der Waals surface area contributed by atoms with E-state index in [9.17, 15) is 0 Å². The van der Waals surface area contributed by atoms with E-state index in [2.05, 4.69) is 0 Å². The van der Waals surface area contributed by atoms with Crippen LogP contribution in [0.4, 0.5) is 0 Å². The van der Waals surface area contributed by atoms with Crippen LogP contribution in [0.1, 0.15) is 0 Å². The van der Waals surface area contributed by atoms with Gasteiger partial charge in [-0.05, 0) is 0 Å². The van der Waals surface area contributed by atoms with Crippen molar-refractivity contribution in [3.05, 3.63) is 0 Å². The predicted octanol–water partition coefficient (Wildman–Crippen LogP) is -32.1. The van der Waals surface area contributed by atoms with Gasteiger partial charge in [-0.1, -0.05) is 0 Å². The molecule has 0 saturated heterocycles. The van der Waals surface area contributed by atoms with Crippen molar-refractivity contribution in [3.63, 3.8) is 0 Å². The van der Waals surface area contributed by atoms with Crippen LogP contribution in [0.3, 0.4) is 0 Å². The van der Waals surface area contributed by atoms with E-state index in [4.69, 9.17) is 0 Å². The molecule has 105 heteroatoms. The van der Waals surface area contributed by atoms with Crippen molar-refractivity contribution in [2.24, 2.45) is 0 Å². The first-order valence-electron chi connectivity index (χ1n) is 0. The fraction of sp³-hybridized carbons (Fsp3) is 0. The molecule has 0 aliphatic rings. The van der Waals surface area contributed by atoms with E-state index in [1.165, 1.54) is 0 Å². The SMILES string of the molecule is Cl.Cl.Cl.Cl.Cl.Cl.Cl.Cl.Cl.Cl.Cl.Cl.Cl.Cl.Cl.Cl.Cl.Cl.Cl.Cl.Cl.Cl.Cl.Cl.Cl.Cl.Cl.Cl.Cl.Cl.Cl.Cl.Cl.Cl.Cl.Cl.Cl.Cl.Cl.Cl.Cl.Cl.Cl.Cl.Cl.Cl.Cl.Cl.Cl.Cl.Cl.Cl.Cl.Cl.Cl.Cl.Cl.Cl.Cl.Cl.Cl.Cl.Cl.Cl.Cl.Cl.Cl.Cl.Cl.Cl.Cl.Cl.Cl.Cl.Cl.[Ca+2].[Ca+2].[Ca+2].[Ca+2].[Ca+2].[Ca+2].[Ca+2].[Ca+2].[Ca+2].[Ca+2].[Cl-].[Cl-].[Cl-].[Cl-].[Cl-].[Cl-].[Cl-].[Cl-].[Cl-].[Cl-].[Cl-].[Cl-].[Cl-].[Cl-].[Cl-].[Cl-].[Cl-].[Cl-].[Cl-].[Cl-]. The molecule has 0 rings (SSSR count). The Hall–Kier alpha value is 40.1. The standard InChI is InChI=1S/10Ca.95ClH/h;;;;;;;;;;95*1H/q10*+2;;;;;;;;;;;;;;;;;;;;;;;;;;;;;;;;;;;;;;;;;;;;;;;;;;;;;;;;;;;;;;;;;;;;;;;;;;;;;;;;;;;;;;;;;;;;;;;/p-20. The third-order valence-electron chi connectivity index (χ3n) is 0. The first-order chi connectivity index (χ1) is 0. The van der Waals surface area contributed by atoms with Crippen LogP contribution in [-0.2, 0) is 0 Å². The number of hydrogen-bond acceptors (Lipinski definition) is 0. The van der Waals surface area contributed by atoms with Gasteiger partial charge in [0.15, 0.2) is 0 Å². The molecule has 0 aromatic carbocycles. The zero-order chi connectivity index (χ0) is 0. The van der Waals surface area contributed by atoms with Crippen LogP contribution < -0.4 is 248 Å². The Balaban J connectivity index is 0. The molecule has 0 aliphatic carbocycles. The molecule has 105 heavy (non-hydrogen) atoms. The van der Waals surface area contributed by atoms with Gasteiger partial charge in [0.2, 0.25) is 0 Å². The Morgan fingerprint density at radius 1 is 0.0286 bits per heavy atom. The quantitative estimate of drug-likeness (QED) is 0.212. The molecule has 0 nitrogen and oxygen atoms in total. The minimum absolute atomic E-state index is 0. The summed E-state index contributed by atoms with van der Waals surface area (Å²) in [5.41, 5.74) is 0. The van der Waals surface area contributed by atoms with Gasteiger partial charge in [-0.3, -0.25) is 0 Å². The Morgan fingerprint density at radius 3 is 0.0286 bits per heavy atom. The summed E-state index contributed by atoms with van der Waals surface area (Å²) < 4.78 is 0. The molecule has 0 radical (unpaired) electrons. The molecule has 0 aromatic heterocycles. The van der Waals surface area contributed by atoms with Crippen LogP contribution in [0.2, 0.25) is 0 Å². The maximum Gasteiger partial charge on any atom is 2.00 e. The monoisotopic (exact) mass is 3800 g/mol. The number of halogens is 95. The average Bonchev–Trinajstić information content (AvgIpc) is 0. The van der Waals surface area contributed by atoms with Gasteiger partial charge in [-0.2, -0.15) is 0 Å². The molecular weight excluding hydrogens is 3770 g/mol. The van der Waals surface area contributed by atoms with Crippen molar-refractivity contribution < 1.29 is 248 Å². The molecule has 0 spiro atoms. The molecule has 0 bridgehead atoms. The molecule has 0 N–H and O–H groups in total. The van der Waals surface area contributed by atoms with E-state index in [0.29, 0.717) is 0 Å². The topological polar surface area (TPSA) is 0 Å². The summed E-state index contributed by atoms with van der Waals surface area (Å²) in [6, 6.07) is 0. The van der Waals surface area contributed by atoms with Crippen molar-refractivity contribution >= 4 is 1310 Å². The Bertz CT molecular complexity index is 47.6. The molecule has 0 unspecified atom stereocenters. The summed E-state index contributed by atoms with van der Waals surface area (Å²) in [6.07, 6.45) is 0. The largest absolute Gasteiger partial charge is 2.00 e. The molecule has 0 aliphatic heterocycles. The first-order valence-corrected chi connectivity index (χ1v) is 0. The second kappa shape index (κ2) is 1830. The van der Waals surface area contributed by atoms with Gasteiger partial charge in [0, 0.05) is 0 Å². The molecule has 0 saturated carbocycles. The van der Waals surface area contributed by atoms with Crippen LogP contribution in [0.15, 0.2) is 0 Å². The fourth-order valence-corrected chi connectivity index (χ4v) is 0. The van der Waals surface area contributed by atoms with Crippen molar-refractivity contribution in [3.8, 4) is 0 Å². The maximum atomic E-state index is 0. The summed E-state index contributed by atoms with van der Waals surface area (Å²) >= 11 is 0. The van der Waals surface area contributed by atoms with Crippen LogP contribution in [-0.4, -0.2) is 377 Å². The average molecular weight is 3840 g/mol. The summed E-state index contributed by atoms with van der Waals surface area (Å²) in [5.74, 6) is 0. The zero-order valence-electron chi connectivity index (χ0n) is 45.2. The number of hydrogen-bond donors (Lipinski definition) is 0. The summed E-state index contributed by atoms with van der Waals surface area (Å²) in [5, 5.41) is 0. The second-order valence-corrected chi connectivity index (χ2v) is 0. The van der Waals surface area contributed by atoms with Gasteiger partial charge in [0.25, 0.3) is 0 Å². The smallest absolute Gasteiger partial charge is 1.00 e. The van der Waals surface area contributed by atoms with Gasteiger partial charge in [-0.25, -0.2) is 0 Å². The van der Waals surface area contributed by atoms with E-state index in [1.807, 2.05) is 0 Å². The fourth-order valence-electron chi connectivity index (χ4n) is 0. The van der Waals surface area contributed by atoms with Crippen LogP contribution in [0, 0.1) is 0 Å². The van der Waals surface area contributed by atoms with Crippen LogP contribution in [0.25, 0.3) is 0 Å². The van der Waals surface area contributed by atoms with Gasteiger partial charge in [0.1, 0.15) is 0 Å². The molecule has 0 heterocycles. The van der Waals surface area contributed by atoms with E-state index in [1.54, 1.807) is 0 Å². The van der Waals surface area contributed by atoms with Crippen molar-refractivity contribution in [2.75, 3.05) is 0 Å².